The summed E-state index contributed by atoms with van der Waals surface area (Å²) in [6, 6.07) is 13.1. The van der Waals surface area contributed by atoms with Gasteiger partial charge in [-0.2, -0.15) is 0 Å². The van der Waals surface area contributed by atoms with E-state index >= 15 is 0 Å². The first-order valence-corrected chi connectivity index (χ1v) is 4.77. The van der Waals surface area contributed by atoms with Crippen molar-refractivity contribution < 1.29 is 10.2 Å². The van der Waals surface area contributed by atoms with E-state index in [2.05, 4.69) is 0 Å². The second-order valence-corrected chi connectivity index (χ2v) is 3.49. The van der Waals surface area contributed by atoms with Crippen molar-refractivity contribution in [1.82, 2.24) is 0 Å². The first kappa shape index (κ1) is 12.1. The largest absolute Gasteiger partial charge is 0.504 e. The van der Waals surface area contributed by atoms with Crippen LogP contribution in [0.2, 0.25) is 0 Å². The Bertz CT molecular complexity index is 476. The topological polar surface area (TPSA) is 40.5 Å². The van der Waals surface area contributed by atoms with Crippen molar-refractivity contribution >= 4 is 0 Å². The van der Waals surface area contributed by atoms with E-state index in [4.69, 9.17) is 0 Å². The standard InChI is InChI=1S/C13H12O2.CH4/c1-9-7-8-11(13(15)12(9)14)10-5-3-2-4-6-10;/h2-8,14-15H,1H3;1H4. The highest BCUT2D eigenvalue weighted by atomic mass is 16.3. The quantitative estimate of drug-likeness (QED) is 0.713. The number of phenolic OH excluding ortho intramolecular Hbond substituents is 2. The lowest BCUT2D eigenvalue weighted by molar-refractivity contribution is 0.402. The van der Waals surface area contributed by atoms with Crippen LogP contribution in [0.3, 0.4) is 0 Å². The molecule has 0 saturated carbocycles. The summed E-state index contributed by atoms with van der Waals surface area (Å²) in [5.41, 5.74) is 2.22. The zero-order chi connectivity index (χ0) is 10.8. The molecule has 0 heterocycles. The molecule has 2 rings (SSSR count). The van der Waals surface area contributed by atoms with Gasteiger partial charge in [-0.15, -0.1) is 0 Å². The lowest BCUT2D eigenvalue weighted by atomic mass is 10.0. The summed E-state index contributed by atoms with van der Waals surface area (Å²) in [7, 11) is 0. The Morgan fingerprint density at radius 1 is 0.812 bits per heavy atom. The molecule has 0 atom stereocenters. The predicted octanol–water partition coefficient (Wildman–Crippen LogP) is 3.71. The van der Waals surface area contributed by atoms with Crippen molar-refractivity contribution in [2.24, 2.45) is 0 Å². The zero-order valence-corrected chi connectivity index (χ0v) is 8.44. The third-order valence-corrected chi connectivity index (χ3v) is 2.44. The fourth-order valence-corrected chi connectivity index (χ4v) is 1.53. The van der Waals surface area contributed by atoms with Crippen LogP contribution in [0.1, 0.15) is 13.0 Å². The highest BCUT2D eigenvalue weighted by Gasteiger charge is 2.09. The van der Waals surface area contributed by atoms with E-state index in [0.29, 0.717) is 11.1 Å². The van der Waals surface area contributed by atoms with Gasteiger partial charge in [-0.1, -0.05) is 49.9 Å². The van der Waals surface area contributed by atoms with E-state index in [-0.39, 0.29) is 18.9 Å². The first-order valence-electron chi connectivity index (χ1n) is 4.77. The average Bonchev–Trinajstić information content (AvgIpc) is 2.27. The van der Waals surface area contributed by atoms with Crippen LogP contribution in [-0.2, 0) is 0 Å². The summed E-state index contributed by atoms with van der Waals surface area (Å²) in [4.78, 5) is 0. The summed E-state index contributed by atoms with van der Waals surface area (Å²) >= 11 is 0. The predicted molar refractivity (Wildman–Crippen MR) is 66.7 cm³/mol. The van der Waals surface area contributed by atoms with Gasteiger partial charge in [-0.25, -0.2) is 0 Å². The molecule has 0 aliphatic rings. The van der Waals surface area contributed by atoms with Gasteiger partial charge >= 0.3 is 0 Å². The van der Waals surface area contributed by atoms with Crippen LogP contribution in [0.5, 0.6) is 11.5 Å². The smallest absolute Gasteiger partial charge is 0.165 e. The van der Waals surface area contributed by atoms with Gasteiger partial charge in [0.15, 0.2) is 11.5 Å². The second-order valence-electron chi connectivity index (χ2n) is 3.49. The molecule has 0 aromatic heterocycles. The Balaban J connectivity index is 0.00000128. The number of aromatic hydroxyl groups is 2. The Morgan fingerprint density at radius 2 is 1.44 bits per heavy atom. The highest BCUT2D eigenvalue weighted by Crippen LogP contribution is 2.38. The van der Waals surface area contributed by atoms with Gasteiger partial charge in [-0.3, -0.25) is 0 Å². The van der Waals surface area contributed by atoms with Crippen molar-refractivity contribution in [3.63, 3.8) is 0 Å². The van der Waals surface area contributed by atoms with E-state index < -0.39 is 0 Å². The van der Waals surface area contributed by atoms with Crippen LogP contribution in [0.25, 0.3) is 11.1 Å². The summed E-state index contributed by atoms with van der Waals surface area (Å²) < 4.78 is 0. The van der Waals surface area contributed by atoms with Crippen LogP contribution in [0.15, 0.2) is 42.5 Å². The average molecular weight is 216 g/mol. The number of aryl methyl sites for hydroxylation is 1. The molecule has 84 valence electrons. The molecule has 2 nitrogen and oxygen atoms in total. The minimum atomic E-state index is -0.0544. The molecule has 0 amide bonds. The molecule has 0 radical (unpaired) electrons. The highest BCUT2D eigenvalue weighted by molar-refractivity contribution is 5.74. The van der Waals surface area contributed by atoms with Crippen LogP contribution >= 0.6 is 0 Å². The van der Waals surface area contributed by atoms with Crippen molar-refractivity contribution in [1.29, 1.82) is 0 Å². The van der Waals surface area contributed by atoms with Gasteiger partial charge in [0.25, 0.3) is 0 Å². The molecule has 0 unspecified atom stereocenters. The van der Waals surface area contributed by atoms with Crippen molar-refractivity contribution in [2.45, 2.75) is 14.4 Å². The molecular weight excluding hydrogens is 200 g/mol. The minimum absolute atomic E-state index is 0. The Labute approximate surface area is 95.8 Å². The number of hydrogen-bond donors (Lipinski definition) is 2. The molecule has 2 heteroatoms. The molecule has 0 spiro atoms. The third kappa shape index (κ3) is 2.01. The maximum atomic E-state index is 9.78. The Kier molecular flexibility index (Phi) is 3.56. The van der Waals surface area contributed by atoms with Crippen LogP contribution in [-0.4, -0.2) is 10.2 Å². The van der Waals surface area contributed by atoms with E-state index in [0.717, 1.165) is 5.56 Å². The number of rotatable bonds is 1. The minimum Gasteiger partial charge on any atom is -0.504 e. The van der Waals surface area contributed by atoms with Crippen molar-refractivity contribution in [3.8, 4) is 22.6 Å². The molecule has 2 aromatic rings. The number of phenols is 2. The molecular formula is C14H16O2. The summed E-state index contributed by atoms with van der Waals surface area (Å²) in [5.74, 6) is -0.0995. The molecule has 0 saturated heterocycles. The van der Waals surface area contributed by atoms with Crippen LogP contribution < -0.4 is 0 Å². The summed E-state index contributed by atoms with van der Waals surface area (Å²) in [6.45, 7) is 1.75. The summed E-state index contributed by atoms with van der Waals surface area (Å²) in [6.07, 6.45) is 0. The Hall–Kier alpha value is -1.96. The Morgan fingerprint density at radius 3 is 2.06 bits per heavy atom. The van der Waals surface area contributed by atoms with Gasteiger partial charge in [-0.05, 0) is 18.1 Å². The number of benzene rings is 2. The van der Waals surface area contributed by atoms with Crippen LogP contribution in [0, 0.1) is 6.92 Å². The van der Waals surface area contributed by atoms with E-state index in [1.165, 1.54) is 0 Å². The van der Waals surface area contributed by atoms with Gasteiger partial charge in [0.2, 0.25) is 0 Å². The normalized spacial score (nSPS) is 9.56. The molecule has 2 N–H and O–H groups in total. The lowest BCUT2D eigenvalue weighted by Crippen LogP contribution is -1.82. The zero-order valence-electron chi connectivity index (χ0n) is 8.44. The summed E-state index contributed by atoms with van der Waals surface area (Å²) in [5, 5.41) is 19.4. The fourth-order valence-electron chi connectivity index (χ4n) is 1.53. The third-order valence-electron chi connectivity index (χ3n) is 2.44. The SMILES string of the molecule is C.Cc1ccc(-c2ccccc2)c(O)c1O. The van der Waals surface area contributed by atoms with Gasteiger partial charge in [0.1, 0.15) is 0 Å². The van der Waals surface area contributed by atoms with E-state index in [9.17, 15) is 10.2 Å². The fraction of sp³-hybridized carbons (Fsp3) is 0.143. The maximum absolute atomic E-state index is 9.78. The van der Waals surface area contributed by atoms with Crippen LogP contribution in [0.4, 0.5) is 0 Å². The van der Waals surface area contributed by atoms with E-state index in [1.807, 2.05) is 30.3 Å². The molecule has 0 aliphatic carbocycles. The molecule has 16 heavy (non-hydrogen) atoms. The second kappa shape index (κ2) is 4.71. The van der Waals surface area contributed by atoms with Gasteiger partial charge < -0.3 is 10.2 Å². The van der Waals surface area contributed by atoms with E-state index in [1.54, 1.807) is 19.1 Å². The molecule has 2 aromatic carbocycles. The molecule has 0 fully saturated rings. The monoisotopic (exact) mass is 216 g/mol. The number of hydrogen-bond acceptors (Lipinski definition) is 2. The lowest BCUT2D eigenvalue weighted by Gasteiger charge is -2.08. The molecule has 0 aliphatic heterocycles. The van der Waals surface area contributed by atoms with Crippen molar-refractivity contribution in [2.75, 3.05) is 0 Å². The van der Waals surface area contributed by atoms with Gasteiger partial charge in [0.05, 0.1) is 0 Å². The molecule has 0 bridgehead atoms. The van der Waals surface area contributed by atoms with Gasteiger partial charge in [0, 0.05) is 5.56 Å². The van der Waals surface area contributed by atoms with Crippen molar-refractivity contribution in [3.05, 3.63) is 48.0 Å². The first-order chi connectivity index (χ1) is 7.20. The maximum Gasteiger partial charge on any atom is 0.165 e.